The van der Waals surface area contributed by atoms with E-state index in [9.17, 15) is 50.4 Å². The number of rotatable bonds is 15. The van der Waals surface area contributed by atoms with Crippen LogP contribution in [0.3, 0.4) is 0 Å². The molecule has 0 aliphatic rings. The van der Waals surface area contributed by atoms with Crippen molar-refractivity contribution in [2.75, 3.05) is 13.1 Å². The van der Waals surface area contributed by atoms with Gasteiger partial charge in [0.25, 0.3) is 0 Å². The Morgan fingerprint density at radius 1 is 0.722 bits per heavy atom. The molecule has 0 saturated heterocycles. The first-order valence-electron chi connectivity index (χ1n) is 17.5. The molecule has 12 nitrogen and oxygen atoms in total. The molecule has 282 valence electrons. The monoisotopic (exact) mass is 737 g/mol. The summed E-state index contributed by atoms with van der Waals surface area (Å²) in [5.74, 6) is -5.88. The van der Waals surface area contributed by atoms with Crippen LogP contribution < -0.4 is 5.32 Å². The molecule has 9 N–H and O–H groups in total. The number of phenols is 7. The lowest BCUT2D eigenvalue weighted by Gasteiger charge is -2.25. The Labute approximate surface area is 311 Å². The maximum Gasteiger partial charge on any atom is 0.345 e. The summed E-state index contributed by atoms with van der Waals surface area (Å²) in [6.07, 6.45) is 2.02. The molecule has 0 aliphatic carbocycles. The molecule has 0 aromatic heterocycles. The van der Waals surface area contributed by atoms with E-state index < -0.39 is 52.7 Å². The number of aromatic hydroxyl groups is 7. The molecule has 5 aromatic rings. The number of fused-ring (bicyclic) bond motifs is 1. The number of allylic oxidation sites excluding steroid dienone is 1. The SMILES string of the molecule is CCCCCC(=CC(=O)OC(C(=O)O)C(CNCC)c1ccc(O)c(O)c1)c1cc(O)c(O)c2ccc(-c3cc(O)c(O)cc3-c3cccc(O)c3)cc12. The number of likely N-dealkylation sites (N-methyl/N-ethyl adjacent to an activating group) is 1. The van der Waals surface area contributed by atoms with Crippen LogP contribution in [0.2, 0.25) is 0 Å². The van der Waals surface area contributed by atoms with Crippen molar-refractivity contribution in [1.29, 1.82) is 0 Å². The lowest BCUT2D eigenvalue weighted by atomic mass is 9.89. The summed E-state index contributed by atoms with van der Waals surface area (Å²) < 4.78 is 5.63. The van der Waals surface area contributed by atoms with Crippen LogP contribution in [0.1, 0.15) is 56.6 Å². The molecule has 5 rings (SSSR count). The maximum atomic E-state index is 13.7. The van der Waals surface area contributed by atoms with Crippen LogP contribution in [0.4, 0.5) is 0 Å². The van der Waals surface area contributed by atoms with Crippen LogP contribution in [0, 0.1) is 0 Å². The Balaban J connectivity index is 1.64. The summed E-state index contributed by atoms with van der Waals surface area (Å²) in [7, 11) is 0. The van der Waals surface area contributed by atoms with Gasteiger partial charge in [-0.25, -0.2) is 9.59 Å². The number of carboxylic acids is 1. The predicted molar refractivity (Wildman–Crippen MR) is 204 cm³/mol. The van der Waals surface area contributed by atoms with Crippen LogP contribution in [-0.2, 0) is 14.3 Å². The number of carbonyl (C=O) groups excluding carboxylic acids is 1. The molecule has 0 amide bonds. The average Bonchev–Trinajstić information content (AvgIpc) is 3.14. The standard InChI is InChI=1S/C42H43NO11/c1-3-5-6-8-24(18-39(50)54-41(42(52)53)33(22-43-4-2)26-12-14-34(45)35(46)17-26)31-21-38(49)40(51)28-13-11-25(16-32(28)31)30-20-37(48)36(47)19-29(30)23-9-7-10-27(44)15-23/h7,9-21,33,41,43-49,51H,3-6,8,22H2,1-2H3,(H,52,53). The van der Waals surface area contributed by atoms with E-state index in [0.717, 1.165) is 12.8 Å². The minimum Gasteiger partial charge on any atom is -0.508 e. The van der Waals surface area contributed by atoms with Gasteiger partial charge in [0.1, 0.15) is 5.75 Å². The maximum absolute atomic E-state index is 13.7. The molecule has 0 fully saturated rings. The minimum absolute atomic E-state index is 0.0137. The Morgan fingerprint density at radius 3 is 2.04 bits per heavy atom. The smallest absolute Gasteiger partial charge is 0.345 e. The second-order valence-electron chi connectivity index (χ2n) is 13.0. The highest BCUT2D eigenvalue weighted by Crippen LogP contribution is 2.45. The molecule has 54 heavy (non-hydrogen) atoms. The number of ether oxygens (including phenoxy) is 1. The van der Waals surface area contributed by atoms with Gasteiger partial charge in [-0.3, -0.25) is 0 Å². The van der Waals surface area contributed by atoms with Gasteiger partial charge in [0.05, 0.1) is 0 Å². The van der Waals surface area contributed by atoms with E-state index >= 15 is 0 Å². The van der Waals surface area contributed by atoms with E-state index in [1.54, 1.807) is 30.3 Å². The van der Waals surface area contributed by atoms with Crippen LogP contribution >= 0.6 is 0 Å². The zero-order valence-corrected chi connectivity index (χ0v) is 29.8. The lowest BCUT2D eigenvalue weighted by molar-refractivity contribution is -0.162. The van der Waals surface area contributed by atoms with E-state index in [1.807, 2.05) is 13.8 Å². The fraction of sp³-hybridized carbons (Fsp3) is 0.238. The van der Waals surface area contributed by atoms with Gasteiger partial charge >= 0.3 is 11.9 Å². The van der Waals surface area contributed by atoms with Gasteiger partial charge < -0.3 is 50.9 Å². The fourth-order valence-corrected chi connectivity index (χ4v) is 6.48. The fourth-order valence-electron chi connectivity index (χ4n) is 6.48. The van der Waals surface area contributed by atoms with E-state index in [2.05, 4.69) is 5.32 Å². The first-order valence-corrected chi connectivity index (χ1v) is 17.5. The number of unbranched alkanes of at least 4 members (excludes halogenated alkanes) is 2. The quantitative estimate of drug-likeness (QED) is 0.0221. The number of benzene rings is 5. The van der Waals surface area contributed by atoms with Gasteiger partial charge in [-0.05, 0) is 118 Å². The molecule has 2 unspecified atom stereocenters. The third-order valence-electron chi connectivity index (χ3n) is 9.25. The number of hydrogen-bond donors (Lipinski definition) is 9. The number of carboxylic acid groups (broad SMARTS) is 1. The third-order valence-corrected chi connectivity index (χ3v) is 9.25. The number of nitrogens with one attached hydrogen (secondary N) is 1. The van der Waals surface area contributed by atoms with Gasteiger partial charge in [0.2, 0.25) is 6.10 Å². The van der Waals surface area contributed by atoms with Crippen LogP contribution in [0.5, 0.6) is 40.2 Å². The highest BCUT2D eigenvalue weighted by molar-refractivity contribution is 6.05. The predicted octanol–water partition coefficient (Wildman–Crippen LogP) is 7.47. The largest absolute Gasteiger partial charge is 0.508 e. The molecule has 2 atom stereocenters. The summed E-state index contributed by atoms with van der Waals surface area (Å²) in [5, 5.41) is 86.9. The summed E-state index contributed by atoms with van der Waals surface area (Å²) in [6.45, 7) is 4.36. The van der Waals surface area contributed by atoms with E-state index in [1.165, 1.54) is 54.6 Å². The lowest BCUT2D eigenvalue weighted by Crippen LogP contribution is -2.38. The van der Waals surface area contributed by atoms with Crippen molar-refractivity contribution in [3.05, 3.63) is 96.1 Å². The van der Waals surface area contributed by atoms with Crippen LogP contribution in [0.25, 0.3) is 38.6 Å². The van der Waals surface area contributed by atoms with E-state index in [-0.39, 0.29) is 23.4 Å². The molecule has 12 heteroatoms. The molecule has 0 aliphatic heterocycles. The molecule has 5 aromatic carbocycles. The Bertz CT molecular complexity index is 2210. The van der Waals surface area contributed by atoms with Gasteiger partial charge in [0, 0.05) is 23.9 Å². The number of phenolic OH excluding ortho intramolecular Hbond substituents is 7. The zero-order valence-electron chi connectivity index (χ0n) is 29.8. The summed E-state index contributed by atoms with van der Waals surface area (Å²) in [5.41, 5.74) is 3.06. The topological polar surface area (TPSA) is 217 Å². The van der Waals surface area contributed by atoms with Gasteiger partial charge in [-0.15, -0.1) is 0 Å². The average molecular weight is 738 g/mol. The second kappa shape index (κ2) is 17.0. The van der Waals surface area contributed by atoms with Crippen molar-refractivity contribution < 1.29 is 55.2 Å². The Kier molecular flexibility index (Phi) is 12.2. The third kappa shape index (κ3) is 8.62. The van der Waals surface area contributed by atoms with Crippen molar-refractivity contribution in [2.24, 2.45) is 0 Å². The number of aliphatic carboxylic acids is 1. The van der Waals surface area contributed by atoms with Crippen molar-refractivity contribution in [3.63, 3.8) is 0 Å². The molecular formula is C42H43NO11. The summed E-state index contributed by atoms with van der Waals surface area (Å²) >= 11 is 0. The Hall–Kier alpha value is -6.40. The molecular weight excluding hydrogens is 694 g/mol. The molecule has 0 radical (unpaired) electrons. The summed E-state index contributed by atoms with van der Waals surface area (Å²) in [4.78, 5) is 26.3. The molecule has 0 bridgehead atoms. The number of carbonyl (C=O) groups is 2. The van der Waals surface area contributed by atoms with Gasteiger partial charge in [-0.1, -0.05) is 51.0 Å². The highest BCUT2D eigenvalue weighted by Gasteiger charge is 2.33. The van der Waals surface area contributed by atoms with Crippen LogP contribution in [0.15, 0.2) is 84.9 Å². The first kappa shape index (κ1) is 38.8. The second-order valence-corrected chi connectivity index (χ2v) is 13.0. The van der Waals surface area contributed by atoms with E-state index in [4.69, 9.17) is 4.74 Å². The van der Waals surface area contributed by atoms with Crippen molar-refractivity contribution >= 4 is 28.3 Å². The summed E-state index contributed by atoms with van der Waals surface area (Å²) in [6, 6.07) is 19.2. The molecule has 0 saturated carbocycles. The number of hydrogen-bond acceptors (Lipinski definition) is 11. The van der Waals surface area contributed by atoms with Crippen molar-refractivity contribution in [2.45, 2.75) is 51.6 Å². The molecule has 0 spiro atoms. The normalized spacial score (nSPS) is 12.7. The van der Waals surface area contributed by atoms with Gasteiger partial charge in [0.15, 0.2) is 34.5 Å². The van der Waals surface area contributed by atoms with Crippen molar-refractivity contribution in [3.8, 4) is 62.5 Å². The Morgan fingerprint density at radius 2 is 1.41 bits per heavy atom. The minimum atomic E-state index is -1.71. The zero-order chi connectivity index (χ0) is 39.1. The highest BCUT2D eigenvalue weighted by atomic mass is 16.6. The van der Waals surface area contributed by atoms with Gasteiger partial charge in [-0.2, -0.15) is 0 Å². The number of esters is 1. The molecule has 0 heterocycles. The van der Waals surface area contributed by atoms with Crippen molar-refractivity contribution in [1.82, 2.24) is 5.32 Å². The van der Waals surface area contributed by atoms with Crippen LogP contribution in [-0.4, -0.2) is 72.0 Å². The van der Waals surface area contributed by atoms with E-state index in [0.29, 0.717) is 63.7 Å². The first-order chi connectivity index (χ1) is 25.8.